The van der Waals surface area contributed by atoms with Crippen LogP contribution in [0.1, 0.15) is 39.2 Å². The molecule has 3 amide bonds. The number of ketones is 1. The SMILES string of the molecule is COC(=O)/C=C/C(=O)NCCC(=O)N[C@H](C(=O)C[C@@H](C)C(=O)Nc1ccc(CO)cc1)C(C)C. The van der Waals surface area contributed by atoms with Crippen molar-refractivity contribution >= 4 is 35.2 Å². The number of aliphatic hydroxyl groups excluding tert-OH is 1. The Hall–Kier alpha value is -3.53. The molecular weight excluding hydrogens is 442 g/mol. The number of carbonyl (C=O) groups is 5. The molecule has 186 valence electrons. The van der Waals surface area contributed by atoms with Crippen LogP contribution in [0.3, 0.4) is 0 Å². The summed E-state index contributed by atoms with van der Waals surface area (Å²) < 4.78 is 4.38. The topological polar surface area (TPSA) is 151 Å². The monoisotopic (exact) mass is 475 g/mol. The van der Waals surface area contributed by atoms with Gasteiger partial charge in [-0.05, 0) is 23.6 Å². The van der Waals surface area contributed by atoms with Gasteiger partial charge in [0.25, 0.3) is 0 Å². The van der Waals surface area contributed by atoms with Crippen molar-refractivity contribution in [2.24, 2.45) is 11.8 Å². The maximum atomic E-state index is 12.8. The van der Waals surface area contributed by atoms with Gasteiger partial charge in [-0.15, -0.1) is 0 Å². The van der Waals surface area contributed by atoms with Gasteiger partial charge in [0, 0.05) is 43.1 Å². The molecule has 0 aliphatic heterocycles. The lowest BCUT2D eigenvalue weighted by Gasteiger charge is -2.23. The van der Waals surface area contributed by atoms with Crippen LogP contribution < -0.4 is 16.0 Å². The lowest BCUT2D eigenvalue weighted by atomic mass is 9.92. The molecule has 0 aliphatic carbocycles. The third-order valence-corrected chi connectivity index (χ3v) is 4.91. The first-order valence-electron chi connectivity index (χ1n) is 10.9. The molecule has 1 rings (SSSR count). The number of carbonyl (C=O) groups excluding carboxylic acids is 5. The average Bonchev–Trinajstić information content (AvgIpc) is 2.80. The van der Waals surface area contributed by atoms with Crippen molar-refractivity contribution in [1.82, 2.24) is 10.6 Å². The highest BCUT2D eigenvalue weighted by molar-refractivity contribution is 5.97. The molecule has 0 heterocycles. The molecule has 0 fully saturated rings. The second-order valence-electron chi connectivity index (χ2n) is 8.10. The molecule has 1 aromatic rings. The number of rotatable bonds is 13. The van der Waals surface area contributed by atoms with Crippen LogP contribution in [0.25, 0.3) is 0 Å². The van der Waals surface area contributed by atoms with E-state index in [9.17, 15) is 24.0 Å². The van der Waals surface area contributed by atoms with Crippen LogP contribution in [0.4, 0.5) is 5.69 Å². The van der Waals surface area contributed by atoms with E-state index in [1.165, 1.54) is 7.11 Å². The smallest absolute Gasteiger partial charge is 0.330 e. The van der Waals surface area contributed by atoms with Crippen molar-refractivity contribution in [2.75, 3.05) is 19.0 Å². The average molecular weight is 476 g/mol. The Labute approximate surface area is 199 Å². The first kappa shape index (κ1) is 28.5. The van der Waals surface area contributed by atoms with Crippen molar-refractivity contribution in [1.29, 1.82) is 0 Å². The third-order valence-electron chi connectivity index (χ3n) is 4.91. The van der Waals surface area contributed by atoms with Crippen molar-refractivity contribution in [3.8, 4) is 0 Å². The summed E-state index contributed by atoms with van der Waals surface area (Å²) in [6.07, 6.45) is 1.84. The van der Waals surface area contributed by atoms with Crippen LogP contribution >= 0.6 is 0 Å². The van der Waals surface area contributed by atoms with Gasteiger partial charge in [-0.25, -0.2) is 4.79 Å². The van der Waals surface area contributed by atoms with E-state index in [4.69, 9.17) is 5.11 Å². The van der Waals surface area contributed by atoms with E-state index in [2.05, 4.69) is 20.7 Å². The highest BCUT2D eigenvalue weighted by Gasteiger charge is 2.27. The van der Waals surface area contributed by atoms with Gasteiger partial charge in [-0.2, -0.15) is 0 Å². The van der Waals surface area contributed by atoms with Gasteiger partial charge in [-0.1, -0.05) is 32.9 Å². The zero-order valence-electron chi connectivity index (χ0n) is 19.9. The second kappa shape index (κ2) is 14.6. The number of methoxy groups -OCH3 is 1. The van der Waals surface area contributed by atoms with E-state index >= 15 is 0 Å². The highest BCUT2D eigenvalue weighted by Crippen LogP contribution is 2.15. The van der Waals surface area contributed by atoms with Crippen LogP contribution in [-0.4, -0.2) is 54.3 Å². The Morgan fingerprint density at radius 1 is 1.03 bits per heavy atom. The van der Waals surface area contributed by atoms with Crippen molar-refractivity contribution in [2.45, 2.75) is 46.3 Å². The first-order chi connectivity index (χ1) is 16.1. The maximum absolute atomic E-state index is 12.8. The Morgan fingerprint density at radius 2 is 1.68 bits per heavy atom. The summed E-state index contributed by atoms with van der Waals surface area (Å²) in [6.45, 7) is 5.13. The van der Waals surface area contributed by atoms with Crippen LogP contribution in [0.15, 0.2) is 36.4 Å². The lowest BCUT2D eigenvalue weighted by Crippen LogP contribution is -2.46. The van der Waals surface area contributed by atoms with Gasteiger partial charge >= 0.3 is 5.97 Å². The fraction of sp³-hybridized carbons (Fsp3) is 0.458. The van der Waals surface area contributed by atoms with Crippen LogP contribution in [0.5, 0.6) is 0 Å². The predicted molar refractivity (Wildman–Crippen MR) is 125 cm³/mol. The molecular formula is C24H33N3O7. The number of aliphatic hydroxyl groups is 1. The molecule has 10 nitrogen and oxygen atoms in total. The van der Waals surface area contributed by atoms with Crippen molar-refractivity contribution in [3.05, 3.63) is 42.0 Å². The van der Waals surface area contributed by atoms with E-state index in [1.807, 2.05) is 0 Å². The molecule has 0 saturated heterocycles. The molecule has 10 heteroatoms. The number of anilines is 1. The van der Waals surface area contributed by atoms with Gasteiger partial charge in [0.05, 0.1) is 19.8 Å². The maximum Gasteiger partial charge on any atom is 0.330 e. The van der Waals surface area contributed by atoms with Crippen molar-refractivity contribution in [3.63, 3.8) is 0 Å². The summed E-state index contributed by atoms with van der Waals surface area (Å²) in [5, 5.41) is 16.9. The standard InChI is InChI=1S/C24H33N3O7/c1-15(2)23(27-21(31)11-12-25-20(30)9-10-22(32)34-4)19(29)13-16(3)24(33)26-18-7-5-17(14-28)6-8-18/h5-10,15-16,23,28H,11-14H2,1-4H3,(H,25,30)(H,26,33)(H,27,31)/b10-9+/t16-,23+/m1/s1. The number of benzene rings is 1. The van der Waals surface area contributed by atoms with E-state index in [-0.39, 0.29) is 43.6 Å². The number of nitrogens with one attached hydrogen (secondary N) is 3. The Morgan fingerprint density at radius 3 is 2.24 bits per heavy atom. The molecule has 0 aromatic heterocycles. The number of amides is 3. The molecule has 0 aliphatic rings. The quantitative estimate of drug-likeness (QED) is 0.246. The second-order valence-corrected chi connectivity index (χ2v) is 8.10. The van der Waals surface area contributed by atoms with Crippen LogP contribution in [0, 0.1) is 11.8 Å². The van der Waals surface area contributed by atoms with Crippen molar-refractivity contribution < 1.29 is 33.8 Å². The minimum absolute atomic E-state index is 0.0169. The number of hydrogen-bond donors (Lipinski definition) is 4. The molecule has 2 atom stereocenters. The highest BCUT2D eigenvalue weighted by atomic mass is 16.5. The minimum Gasteiger partial charge on any atom is -0.466 e. The number of esters is 1. The molecule has 0 spiro atoms. The summed E-state index contributed by atoms with van der Waals surface area (Å²) in [5.74, 6) is -3.08. The molecule has 0 saturated carbocycles. The molecule has 1 aromatic carbocycles. The Bertz CT molecular complexity index is 894. The third kappa shape index (κ3) is 10.4. The molecule has 34 heavy (non-hydrogen) atoms. The number of hydrogen-bond acceptors (Lipinski definition) is 7. The summed E-state index contributed by atoms with van der Waals surface area (Å²) in [4.78, 5) is 60.1. The van der Waals surface area contributed by atoms with Gasteiger partial charge in [0.2, 0.25) is 17.7 Å². The fourth-order valence-corrected chi connectivity index (χ4v) is 2.91. The Kier molecular flexibility index (Phi) is 12.2. The minimum atomic E-state index is -0.776. The van der Waals surface area contributed by atoms with Crippen LogP contribution in [-0.2, 0) is 35.3 Å². The number of ether oxygens (including phenoxy) is 1. The largest absolute Gasteiger partial charge is 0.466 e. The first-order valence-corrected chi connectivity index (χ1v) is 10.9. The summed E-state index contributed by atoms with van der Waals surface area (Å²) in [7, 11) is 1.19. The van der Waals surface area contributed by atoms with E-state index < -0.39 is 29.7 Å². The summed E-state index contributed by atoms with van der Waals surface area (Å²) in [5.41, 5.74) is 1.27. The fourth-order valence-electron chi connectivity index (χ4n) is 2.91. The lowest BCUT2D eigenvalue weighted by molar-refractivity contribution is -0.135. The predicted octanol–water partition coefficient (Wildman–Crippen LogP) is 1.09. The van der Waals surface area contributed by atoms with E-state index in [1.54, 1.807) is 45.0 Å². The molecule has 0 radical (unpaired) electrons. The van der Waals surface area contributed by atoms with E-state index in [0.29, 0.717) is 11.3 Å². The van der Waals surface area contributed by atoms with Gasteiger partial charge < -0.3 is 25.8 Å². The van der Waals surface area contributed by atoms with Gasteiger partial charge in [0.1, 0.15) is 0 Å². The summed E-state index contributed by atoms with van der Waals surface area (Å²) >= 11 is 0. The molecule has 4 N–H and O–H groups in total. The molecule has 0 bridgehead atoms. The Balaban J connectivity index is 2.54. The van der Waals surface area contributed by atoms with E-state index in [0.717, 1.165) is 12.2 Å². The zero-order chi connectivity index (χ0) is 25.7. The molecule has 0 unspecified atom stereocenters. The summed E-state index contributed by atoms with van der Waals surface area (Å²) in [6, 6.07) is 5.93. The van der Waals surface area contributed by atoms with Crippen LogP contribution in [0.2, 0.25) is 0 Å². The van der Waals surface area contributed by atoms with Gasteiger partial charge in [-0.3, -0.25) is 19.2 Å². The normalized spacial score (nSPS) is 12.6. The van der Waals surface area contributed by atoms with Gasteiger partial charge in [0.15, 0.2) is 5.78 Å². The number of Topliss-reactive ketones (excluding diaryl/α,β-unsaturated/α-hetero) is 1. The zero-order valence-corrected chi connectivity index (χ0v) is 19.9.